The Labute approximate surface area is 135 Å². The average Bonchev–Trinajstić information content (AvgIpc) is 3.03. The Morgan fingerprint density at radius 2 is 2.14 bits per heavy atom. The van der Waals surface area contributed by atoms with Crippen molar-refractivity contribution in [2.75, 3.05) is 13.6 Å². The molecule has 0 bridgehead atoms. The molecule has 0 aliphatic heterocycles. The fourth-order valence-corrected chi connectivity index (χ4v) is 3.04. The van der Waals surface area contributed by atoms with Crippen LogP contribution in [0.2, 0.25) is 0 Å². The molecule has 0 fully saturated rings. The van der Waals surface area contributed by atoms with E-state index in [1.165, 1.54) is 10.4 Å². The van der Waals surface area contributed by atoms with E-state index < -0.39 is 0 Å². The first kappa shape index (κ1) is 16.5. The zero-order valence-corrected chi connectivity index (χ0v) is 14.5. The molecule has 120 valence electrons. The van der Waals surface area contributed by atoms with Crippen LogP contribution >= 0.6 is 11.3 Å². The van der Waals surface area contributed by atoms with E-state index in [1.54, 1.807) is 18.4 Å². The van der Waals surface area contributed by atoms with Crippen LogP contribution in [0.4, 0.5) is 0 Å². The molecule has 2 aromatic heterocycles. The van der Waals surface area contributed by atoms with Crippen molar-refractivity contribution in [3.8, 4) is 0 Å². The summed E-state index contributed by atoms with van der Waals surface area (Å²) in [6.07, 6.45) is 4.94. The molecule has 0 unspecified atom stereocenters. The van der Waals surface area contributed by atoms with Gasteiger partial charge in [-0.05, 0) is 32.8 Å². The molecule has 0 radical (unpaired) electrons. The van der Waals surface area contributed by atoms with Crippen LogP contribution in [0, 0.1) is 20.8 Å². The number of aromatic nitrogens is 3. The molecule has 0 aliphatic rings. The smallest absolute Gasteiger partial charge is 0.191 e. The van der Waals surface area contributed by atoms with Gasteiger partial charge in [0.05, 0.1) is 23.4 Å². The second-order valence-corrected chi connectivity index (χ2v) is 6.52. The van der Waals surface area contributed by atoms with Gasteiger partial charge < -0.3 is 10.6 Å². The zero-order valence-electron chi connectivity index (χ0n) is 13.7. The average molecular weight is 320 g/mol. The van der Waals surface area contributed by atoms with Gasteiger partial charge in [-0.3, -0.25) is 9.67 Å². The Bertz CT molecular complexity index is 628. The third-order valence-corrected chi connectivity index (χ3v) is 4.33. The van der Waals surface area contributed by atoms with Crippen LogP contribution in [-0.4, -0.2) is 34.3 Å². The molecule has 0 aromatic carbocycles. The van der Waals surface area contributed by atoms with E-state index in [1.807, 2.05) is 24.7 Å². The van der Waals surface area contributed by atoms with Crippen LogP contribution in [0.1, 0.15) is 27.6 Å². The van der Waals surface area contributed by atoms with Crippen LogP contribution < -0.4 is 10.6 Å². The number of hydrogen-bond acceptors (Lipinski definition) is 4. The van der Waals surface area contributed by atoms with Gasteiger partial charge in [0.1, 0.15) is 0 Å². The predicted octanol–water partition coefficient (Wildman–Crippen LogP) is 2.02. The number of guanidine groups is 1. The quantitative estimate of drug-likeness (QED) is 0.485. The van der Waals surface area contributed by atoms with E-state index in [4.69, 9.17) is 0 Å². The van der Waals surface area contributed by atoms with E-state index in [0.29, 0.717) is 0 Å². The number of aryl methyl sites for hydroxylation is 4. The zero-order chi connectivity index (χ0) is 15.9. The first-order chi connectivity index (χ1) is 10.6. The Hall–Kier alpha value is -1.89. The van der Waals surface area contributed by atoms with Crippen LogP contribution in [0.5, 0.6) is 0 Å². The molecule has 22 heavy (non-hydrogen) atoms. The minimum atomic E-state index is 0.759. The first-order valence-corrected chi connectivity index (χ1v) is 8.26. The molecular weight excluding hydrogens is 296 g/mol. The van der Waals surface area contributed by atoms with Gasteiger partial charge in [-0.15, -0.1) is 11.3 Å². The van der Waals surface area contributed by atoms with Crippen molar-refractivity contribution in [1.82, 2.24) is 25.4 Å². The monoisotopic (exact) mass is 320 g/mol. The number of hydrogen-bond donors (Lipinski definition) is 2. The lowest BCUT2D eigenvalue weighted by atomic mass is 10.4. The molecular formula is C15H24N6S. The maximum Gasteiger partial charge on any atom is 0.191 e. The largest absolute Gasteiger partial charge is 0.356 e. The molecule has 7 heteroatoms. The summed E-state index contributed by atoms with van der Waals surface area (Å²) in [4.78, 5) is 9.94. The van der Waals surface area contributed by atoms with E-state index in [0.717, 1.165) is 42.7 Å². The molecule has 0 saturated carbocycles. The first-order valence-electron chi connectivity index (χ1n) is 7.45. The second-order valence-electron chi connectivity index (χ2n) is 5.23. The fraction of sp³-hybridized carbons (Fsp3) is 0.533. The molecule has 2 aromatic rings. The lowest BCUT2D eigenvalue weighted by molar-refractivity contribution is 0.570. The molecule has 2 rings (SSSR count). The SMILES string of the molecule is CN=C(NCCCn1cc(C)cn1)NCc1sc(C)nc1C. The molecule has 0 atom stereocenters. The van der Waals surface area contributed by atoms with Crippen molar-refractivity contribution in [2.24, 2.45) is 4.99 Å². The Morgan fingerprint density at radius 3 is 2.73 bits per heavy atom. The van der Waals surface area contributed by atoms with Crippen molar-refractivity contribution in [1.29, 1.82) is 0 Å². The lowest BCUT2D eigenvalue weighted by Gasteiger charge is -2.11. The minimum Gasteiger partial charge on any atom is -0.356 e. The van der Waals surface area contributed by atoms with Gasteiger partial charge in [-0.1, -0.05) is 0 Å². The van der Waals surface area contributed by atoms with Gasteiger partial charge in [0, 0.05) is 31.2 Å². The normalized spacial score (nSPS) is 11.7. The van der Waals surface area contributed by atoms with Gasteiger partial charge in [-0.2, -0.15) is 5.10 Å². The number of thiazole rings is 1. The topological polar surface area (TPSA) is 67.1 Å². The summed E-state index contributed by atoms with van der Waals surface area (Å²) in [5.74, 6) is 0.821. The van der Waals surface area contributed by atoms with Crippen molar-refractivity contribution in [3.63, 3.8) is 0 Å². The van der Waals surface area contributed by atoms with Crippen LogP contribution in [-0.2, 0) is 13.1 Å². The fourth-order valence-electron chi connectivity index (χ4n) is 2.16. The highest BCUT2D eigenvalue weighted by molar-refractivity contribution is 7.11. The molecule has 0 saturated heterocycles. The van der Waals surface area contributed by atoms with E-state index >= 15 is 0 Å². The third kappa shape index (κ3) is 4.84. The van der Waals surface area contributed by atoms with Gasteiger partial charge in [0.15, 0.2) is 5.96 Å². The van der Waals surface area contributed by atoms with Gasteiger partial charge in [0.25, 0.3) is 0 Å². The van der Waals surface area contributed by atoms with Crippen molar-refractivity contribution in [3.05, 3.63) is 33.5 Å². The lowest BCUT2D eigenvalue weighted by Crippen LogP contribution is -2.37. The summed E-state index contributed by atoms with van der Waals surface area (Å²) in [5, 5.41) is 12.0. The third-order valence-electron chi connectivity index (χ3n) is 3.26. The van der Waals surface area contributed by atoms with Crippen LogP contribution in [0.15, 0.2) is 17.4 Å². The predicted molar refractivity (Wildman–Crippen MR) is 91.4 cm³/mol. The number of aliphatic imine (C=N–C) groups is 1. The Kier molecular flexibility index (Phi) is 5.94. The highest BCUT2D eigenvalue weighted by atomic mass is 32.1. The molecule has 2 heterocycles. The number of nitrogens with zero attached hydrogens (tertiary/aromatic N) is 4. The van der Waals surface area contributed by atoms with E-state index in [2.05, 4.69) is 38.8 Å². The minimum absolute atomic E-state index is 0.759. The van der Waals surface area contributed by atoms with E-state index in [9.17, 15) is 0 Å². The second kappa shape index (κ2) is 7.93. The highest BCUT2D eigenvalue weighted by Gasteiger charge is 2.05. The van der Waals surface area contributed by atoms with Crippen molar-refractivity contribution >= 4 is 17.3 Å². The maximum absolute atomic E-state index is 4.43. The summed E-state index contributed by atoms with van der Waals surface area (Å²) in [6.45, 7) is 8.66. The van der Waals surface area contributed by atoms with E-state index in [-0.39, 0.29) is 0 Å². The summed E-state index contributed by atoms with van der Waals surface area (Å²) in [5.41, 5.74) is 2.29. The Balaban J connectivity index is 1.70. The van der Waals surface area contributed by atoms with Crippen LogP contribution in [0.3, 0.4) is 0 Å². The summed E-state index contributed by atoms with van der Waals surface area (Å²) in [7, 11) is 1.79. The summed E-state index contributed by atoms with van der Waals surface area (Å²) in [6, 6.07) is 0. The standard InChI is InChI=1S/C15H24N6S/c1-11-8-19-21(10-11)7-5-6-17-15(16-4)18-9-14-12(2)20-13(3)22-14/h8,10H,5-7,9H2,1-4H3,(H2,16,17,18). The molecule has 0 spiro atoms. The van der Waals surface area contributed by atoms with Crippen LogP contribution in [0.25, 0.3) is 0 Å². The Morgan fingerprint density at radius 1 is 1.32 bits per heavy atom. The van der Waals surface area contributed by atoms with Gasteiger partial charge >= 0.3 is 0 Å². The maximum atomic E-state index is 4.43. The summed E-state index contributed by atoms with van der Waals surface area (Å²) >= 11 is 1.73. The summed E-state index contributed by atoms with van der Waals surface area (Å²) < 4.78 is 1.97. The molecule has 0 aliphatic carbocycles. The number of nitrogens with one attached hydrogen (secondary N) is 2. The van der Waals surface area contributed by atoms with Crippen molar-refractivity contribution in [2.45, 2.75) is 40.3 Å². The van der Waals surface area contributed by atoms with Gasteiger partial charge in [-0.25, -0.2) is 4.98 Å². The van der Waals surface area contributed by atoms with Gasteiger partial charge in [0.2, 0.25) is 0 Å². The highest BCUT2D eigenvalue weighted by Crippen LogP contribution is 2.16. The number of rotatable bonds is 6. The molecule has 2 N–H and O–H groups in total. The molecule has 0 amide bonds. The molecule has 6 nitrogen and oxygen atoms in total. The van der Waals surface area contributed by atoms with Crippen molar-refractivity contribution < 1.29 is 0 Å².